The molecule has 0 aliphatic heterocycles. The Morgan fingerprint density at radius 3 is 2.30 bits per heavy atom. The lowest BCUT2D eigenvalue weighted by atomic mass is 10.2. The molecule has 0 aromatic carbocycles. The molecule has 6 heteroatoms. The highest BCUT2D eigenvalue weighted by Crippen LogP contribution is 2.15. The molecule has 10 heavy (non-hydrogen) atoms. The van der Waals surface area contributed by atoms with Gasteiger partial charge in [-0.05, 0) is 6.92 Å². The summed E-state index contributed by atoms with van der Waals surface area (Å²) < 4.78 is 12.6. The molecule has 0 aliphatic carbocycles. The number of nitrogens with zero attached hydrogens (tertiary/aromatic N) is 1. The quantitative estimate of drug-likeness (QED) is 0.319. The molecule has 2 unspecified atom stereocenters. The maximum absolute atomic E-state index is 12.6. The number of nitro groups is 1. The third-order valence-corrected chi connectivity index (χ3v) is 1.17. The van der Waals surface area contributed by atoms with Crippen LogP contribution in [0.25, 0.3) is 0 Å². The van der Waals surface area contributed by atoms with Crippen molar-refractivity contribution in [1.82, 2.24) is 0 Å². The number of rotatable bonds is 3. The van der Waals surface area contributed by atoms with Crippen molar-refractivity contribution >= 4 is 0 Å². The summed E-state index contributed by atoms with van der Waals surface area (Å²) in [6, 6.07) is 0. The zero-order chi connectivity index (χ0) is 8.36. The van der Waals surface area contributed by atoms with Crippen LogP contribution < -0.4 is 0 Å². The van der Waals surface area contributed by atoms with E-state index in [1.165, 1.54) is 0 Å². The Bertz CT molecular complexity index is 139. The predicted octanol–water partition coefficient (Wildman–Crippen LogP) is -0.698. The summed E-state index contributed by atoms with van der Waals surface area (Å²) in [4.78, 5) is 8.45. The molecule has 60 valence electrons. The standard InChI is InChI=1S/C4H8FNO4/c1-3(8)4(5,2-7)6(9)10/h3,7-8H,2H2,1H3. The van der Waals surface area contributed by atoms with Crippen molar-refractivity contribution in [2.45, 2.75) is 18.8 Å². The maximum atomic E-state index is 12.6. The number of halogens is 1. The minimum atomic E-state index is -3.12. The molecule has 0 aromatic rings. The average molecular weight is 153 g/mol. The fourth-order valence-corrected chi connectivity index (χ4v) is 0.342. The SMILES string of the molecule is CC(O)C(F)(CO)[N+](=O)[O-]. The van der Waals surface area contributed by atoms with E-state index in [0.29, 0.717) is 0 Å². The van der Waals surface area contributed by atoms with E-state index in [9.17, 15) is 14.5 Å². The van der Waals surface area contributed by atoms with Gasteiger partial charge in [-0.25, -0.2) is 0 Å². The lowest BCUT2D eigenvalue weighted by molar-refractivity contribution is -0.621. The van der Waals surface area contributed by atoms with Gasteiger partial charge in [0.05, 0.1) is 4.92 Å². The summed E-state index contributed by atoms with van der Waals surface area (Å²) in [5.41, 5.74) is 0. The van der Waals surface area contributed by atoms with Crippen molar-refractivity contribution in [3.63, 3.8) is 0 Å². The third-order valence-electron chi connectivity index (χ3n) is 1.17. The highest BCUT2D eigenvalue weighted by molar-refractivity contribution is 4.70. The van der Waals surface area contributed by atoms with Crippen molar-refractivity contribution in [3.05, 3.63) is 10.1 Å². The first-order chi connectivity index (χ1) is 4.45. The molecule has 0 fully saturated rings. The summed E-state index contributed by atoms with van der Waals surface area (Å²) in [6.07, 6.45) is -1.81. The molecule has 0 saturated carbocycles. The lowest BCUT2D eigenvalue weighted by Crippen LogP contribution is -2.46. The molecule has 0 bridgehead atoms. The normalized spacial score (nSPS) is 19.6. The minimum absolute atomic E-state index is 0.902. The zero-order valence-electron chi connectivity index (χ0n) is 5.32. The second-order valence-corrected chi connectivity index (χ2v) is 1.91. The van der Waals surface area contributed by atoms with Gasteiger partial charge in [-0.2, -0.15) is 4.39 Å². The van der Waals surface area contributed by atoms with E-state index in [1.54, 1.807) is 0 Å². The molecule has 0 aromatic heterocycles. The Hall–Kier alpha value is -0.750. The Balaban J connectivity index is 4.38. The van der Waals surface area contributed by atoms with Crippen LogP contribution in [-0.2, 0) is 0 Å². The second kappa shape index (κ2) is 2.89. The summed E-state index contributed by atoms with van der Waals surface area (Å²) in [5.74, 6) is -3.12. The Morgan fingerprint density at radius 1 is 1.90 bits per heavy atom. The van der Waals surface area contributed by atoms with Crippen molar-refractivity contribution in [2.75, 3.05) is 6.61 Å². The number of alkyl halides is 1. The van der Waals surface area contributed by atoms with Crippen molar-refractivity contribution in [2.24, 2.45) is 0 Å². The van der Waals surface area contributed by atoms with Gasteiger partial charge in [0.2, 0.25) is 0 Å². The molecule has 0 heterocycles. The van der Waals surface area contributed by atoms with Crippen LogP contribution in [-0.4, -0.2) is 33.6 Å². The van der Waals surface area contributed by atoms with Crippen molar-refractivity contribution in [1.29, 1.82) is 0 Å². The third kappa shape index (κ3) is 1.39. The fraction of sp³-hybridized carbons (Fsp3) is 1.00. The van der Waals surface area contributed by atoms with Crippen LogP contribution in [0.4, 0.5) is 4.39 Å². The van der Waals surface area contributed by atoms with Gasteiger partial charge in [0.15, 0.2) is 6.10 Å². The number of hydrogen-bond donors (Lipinski definition) is 2. The van der Waals surface area contributed by atoms with Gasteiger partial charge in [0.25, 0.3) is 0 Å². The van der Waals surface area contributed by atoms with E-state index in [2.05, 4.69) is 0 Å². The highest BCUT2D eigenvalue weighted by atomic mass is 19.1. The van der Waals surface area contributed by atoms with E-state index in [1.807, 2.05) is 0 Å². The molecule has 0 amide bonds. The average Bonchev–Trinajstić information content (AvgIpc) is 1.85. The van der Waals surface area contributed by atoms with Gasteiger partial charge in [-0.3, -0.25) is 10.1 Å². The smallest absolute Gasteiger partial charge is 0.386 e. The zero-order valence-corrected chi connectivity index (χ0v) is 5.32. The largest absolute Gasteiger partial charge is 0.405 e. The van der Waals surface area contributed by atoms with Gasteiger partial charge in [-0.15, -0.1) is 0 Å². The molecular formula is C4H8FNO4. The van der Waals surface area contributed by atoms with Crippen LogP contribution in [0.15, 0.2) is 0 Å². The lowest BCUT2D eigenvalue weighted by Gasteiger charge is -2.15. The first kappa shape index (κ1) is 9.25. The van der Waals surface area contributed by atoms with Gasteiger partial charge in [0, 0.05) is 0 Å². The summed E-state index contributed by atoms with van der Waals surface area (Å²) in [5, 5.41) is 26.4. The number of hydrogen-bond acceptors (Lipinski definition) is 4. The second-order valence-electron chi connectivity index (χ2n) is 1.91. The van der Waals surface area contributed by atoms with Crippen LogP contribution in [0, 0.1) is 10.1 Å². The summed E-state index contributed by atoms with van der Waals surface area (Å²) in [7, 11) is 0. The monoisotopic (exact) mass is 153 g/mol. The molecule has 2 N–H and O–H groups in total. The minimum Gasteiger partial charge on any atom is -0.386 e. The van der Waals surface area contributed by atoms with Gasteiger partial charge in [-0.1, -0.05) is 0 Å². The first-order valence-corrected chi connectivity index (χ1v) is 2.57. The molecule has 0 rings (SSSR count). The number of aliphatic hydroxyl groups excluding tert-OH is 2. The van der Waals surface area contributed by atoms with Crippen LogP contribution in [0.1, 0.15) is 6.92 Å². The molecule has 0 aliphatic rings. The van der Waals surface area contributed by atoms with Gasteiger partial charge >= 0.3 is 5.79 Å². The van der Waals surface area contributed by atoms with Crippen LogP contribution >= 0.6 is 0 Å². The van der Waals surface area contributed by atoms with Gasteiger partial charge < -0.3 is 10.2 Å². The molecule has 5 nitrogen and oxygen atoms in total. The summed E-state index contributed by atoms with van der Waals surface area (Å²) >= 11 is 0. The highest BCUT2D eigenvalue weighted by Gasteiger charge is 2.47. The van der Waals surface area contributed by atoms with Crippen LogP contribution in [0.3, 0.4) is 0 Å². The molecule has 2 atom stereocenters. The summed E-state index contributed by atoms with van der Waals surface area (Å²) in [6.45, 7) is -0.420. The van der Waals surface area contributed by atoms with E-state index in [4.69, 9.17) is 10.2 Å². The topological polar surface area (TPSA) is 83.6 Å². The fourth-order valence-electron chi connectivity index (χ4n) is 0.342. The molecular weight excluding hydrogens is 145 g/mol. The Kier molecular flexibility index (Phi) is 2.67. The van der Waals surface area contributed by atoms with E-state index < -0.39 is 23.4 Å². The first-order valence-electron chi connectivity index (χ1n) is 2.57. The Labute approximate surface area is 56.2 Å². The molecule has 0 radical (unpaired) electrons. The van der Waals surface area contributed by atoms with Crippen molar-refractivity contribution in [3.8, 4) is 0 Å². The Morgan fingerprint density at radius 2 is 2.30 bits per heavy atom. The predicted molar refractivity (Wildman–Crippen MR) is 29.6 cm³/mol. The van der Waals surface area contributed by atoms with Crippen LogP contribution in [0.5, 0.6) is 0 Å². The molecule has 0 saturated heterocycles. The van der Waals surface area contributed by atoms with Crippen LogP contribution in [0.2, 0.25) is 0 Å². The van der Waals surface area contributed by atoms with Gasteiger partial charge in [0.1, 0.15) is 6.61 Å². The van der Waals surface area contributed by atoms with E-state index >= 15 is 0 Å². The van der Waals surface area contributed by atoms with E-state index in [-0.39, 0.29) is 0 Å². The van der Waals surface area contributed by atoms with E-state index in [0.717, 1.165) is 6.92 Å². The number of aliphatic hydroxyl groups is 2. The molecule has 0 spiro atoms. The van der Waals surface area contributed by atoms with Crippen molar-refractivity contribution < 1.29 is 19.5 Å². The maximum Gasteiger partial charge on any atom is 0.405 e.